The SMILES string of the molecule is CCC(CSC)N(C)C(=O)c1ccc(/C=C/C(=O)O)s1. The van der Waals surface area contributed by atoms with Crippen LogP contribution in [0, 0.1) is 0 Å². The van der Waals surface area contributed by atoms with Gasteiger partial charge in [-0.3, -0.25) is 4.79 Å². The molecule has 0 bridgehead atoms. The molecule has 1 aromatic heterocycles. The molecule has 1 aromatic rings. The normalized spacial score (nSPS) is 12.6. The molecule has 20 heavy (non-hydrogen) atoms. The highest BCUT2D eigenvalue weighted by Gasteiger charge is 2.20. The number of rotatable bonds is 7. The number of hydrogen-bond donors (Lipinski definition) is 1. The molecule has 0 aliphatic heterocycles. The smallest absolute Gasteiger partial charge is 0.328 e. The summed E-state index contributed by atoms with van der Waals surface area (Å²) in [6.07, 6.45) is 5.52. The molecular weight excluding hydrogens is 294 g/mol. The number of carbonyl (C=O) groups is 2. The predicted molar refractivity (Wildman–Crippen MR) is 85.5 cm³/mol. The van der Waals surface area contributed by atoms with Gasteiger partial charge < -0.3 is 10.0 Å². The van der Waals surface area contributed by atoms with E-state index in [-0.39, 0.29) is 11.9 Å². The lowest BCUT2D eigenvalue weighted by Gasteiger charge is -2.26. The average molecular weight is 313 g/mol. The van der Waals surface area contributed by atoms with E-state index in [1.165, 1.54) is 17.4 Å². The zero-order chi connectivity index (χ0) is 15.1. The van der Waals surface area contributed by atoms with E-state index in [1.807, 2.05) is 13.3 Å². The second-order valence-corrected chi connectivity index (χ2v) is 6.33. The van der Waals surface area contributed by atoms with Crippen molar-refractivity contribution >= 4 is 41.1 Å². The molecule has 0 fully saturated rings. The maximum atomic E-state index is 12.4. The maximum absolute atomic E-state index is 12.4. The molecule has 6 heteroatoms. The highest BCUT2D eigenvalue weighted by Crippen LogP contribution is 2.21. The van der Waals surface area contributed by atoms with E-state index < -0.39 is 5.97 Å². The van der Waals surface area contributed by atoms with Gasteiger partial charge in [0, 0.05) is 29.8 Å². The summed E-state index contributed by atoms with van der Waals surface area (Å²) in [5.74, 6) is -0.0871. The van der Waals surface area contributed by atoms with Crippen LogP contribution in [0.25, 0.3) is 6.08 Å². The summed E-state index contributed by atoms with van der Waals surface area (Å²) in [6.45, 7) is 2.07. The summed E-state index contributed by atoms with van der Waals surface area (Å²) in [7, 11) is 1.82. The predicted octanol–water partition coefficient (Wildman–Crippen LogP) is 3.06. The van der Waals surface area contributed by atoms with Crippen molar-refractivity contribution in [2.45, 2.75) is 19.4 Å². The summed E-state index contributed by atoms with van der Waals surface area (Å²) in [4.78, 5) is 26.0. The van der Waals surface area contributed by atoms with Crippen LogP contribution >= 0.6 is 23.1 Å². The first-order valence-corrected chi connectivity index (χ1v) is 8.47. The Labute approximate surface area is 127 Å². The minimum absolute atomic E-state index is 0.00845. The van der Waals surface area contributed by atoms with Gasteiger partial charge in [-0.2, -0.15) is 11.8 Å². The number of hydrogen-bond acceptors (Lipinski definition) is 4. The molecule has 1 N–H and O–H groups in total. The fourth-order valence-corrected chi connectivity index (χ4v) is 3.48. The minimum Gasteiger partial charge on any atom is -0.478 e. The molecule has 0 saturated heterocycles. The third-order valence-electron chi connectivity index (χ3n) is 2.93. The van der Waals surface area contributed by atoms with Gasteiger partial charge in [-0.25, -0.2) is 4.79 Å². The third kappa shape index (κ3) is 4.68. The zero-order valence-electron chi connectivity index (χ0n) is 11.8. The van der Waals surface area contributed by atoms with Crippen LogP contribution in [0.4, 0.5) is 0 Å². The van der Waals surface area contributed by atoms with Crippen LogP contribution in [0.15, 0.2) is 18.2 Å². The van der Waals surface area contributed by atoms with Gasteiger partial charge in [-0.15, -0.1) is 11.3 Å². The molecule has 1 atom stereocenters. The number of amides is 1. The van der Waals surface area contributed by atoms with Crippen molar-refractivity contribution in [1.29, 1.82) is 0 Å². The zero-order valence-corrected chi connectivity index (χ0v) is 13.5. The molecule has 1 rings (SSSR count). The van der Waals surface area contributed by atoms with Gasteiger partial charge in [0.15, 0.2) is 0 Å². The lowest BCUT2D eigenvalue weighted by Crippen LogP contribution is -2.37. The van der Waals surface area contributed by atoms with Gasteiger partial charge in [-0.1, -0.05) is 6.92 Å². The molecule has 0 aliphatic carbocycles. The molecule has 4 nitrogen and oxygen atoms in total. The van der Waals surface area contributed by atoms with Gasteiger partial charge in [0.2, 0.25) is 0 Å². The number of nitrogens with zero attached hydrogens (tertiary/aromatic N) is 1. The number of thioether (sulfide) groups is 1. The van der Waals surface area contributed by atoms with Crippen molar-refractivity contribution in [2.24, 2.45) is 0 Å². The number of aliphatic carboxylic acids is 1. The number of carboxylic acid groups (broad SMARTS) is 1. The highest BCUT2D eigenvalue weighted by molar-refractivity contribution is 7.98. The van der Waals surface area contributed by atoms with Gasteiger partial charge in [0.05, 0.1) is 4.88 Å². The first kappa shape index (κ1) is 16.8. The van der Waals surface area contributed by atoms with Crippen molar-refractivity contribution in [3.05, 3.63) is 28.0 Å². The minimum atomic E-state index is -0.991. The molecule has 110 valence electrons. The largest absolute Gasteiger partial charge is 0.478 e. The number of carbonyl (C=O) groups excluding carboxylic acids is 1. The summed E-state index contributed by atoms with van der Waals surface area (Å²) < 4.78 is 0. The second-order valence-electron chi connectivity index (χ2n) is 4.31. The lowest BCUT2D eigenvalue weighted by atomic mass is 10.2. The van der Waals surface area contributed by atoms with Crippen molar-refractivity contribution in [1.82, 2.24) is 4.90 Å². The molecule has 0 radical (unpaired) electrons. The number of carboxylic acids is 1. The van der Waals surface area contributed by atoms with Crippen LogP contribution in [0.5, 0.6) is 0 Å². The van der Waals surface area contributed by atoms with Crippen LogP contribution < -0.4 is 0 Å². The molecule has 0 saturated carbocycles. The van der Waals surface area contributed by atoms with Gasteiger partial charge in [0.1, 0.15) is 0 Å². The van der Waals surface area contributed by atoms with Crippen molar-refractivity contribution in [2.75, 3.05) is 19.1 Å². The van der Waals surface area contributed by atoms with Gasteiger partial charge in [0.25, 0.3) is 5.91 Å². The van der Waals surface area contributed by atoms with E-state index in [9.17, 15) is 9.59 Å². The van der Waals surface area contributed by atoms with E-state index in [0.29, 0.717) is 4.88 Å². The number of thiophene rings is 1. The van der Waals surface area contributed by atoms with Crippen LogP contribution in [-0.2, 0) is 4.79 Å². The van der Waals surface area contributed by atoms with E-state index in [2.05, 4.69) is 6.92 Å². The molecular formula is C14H19NO3S2. The molecule has 0 spiro atoms. The fraction of sp³-hybridized carbons (Fsp3) is 0.429. The first-order chi connectivity index (χ1) is 9.49. The molecule has 1 unspecified atom stereocenters. The van der Waals surface area contributed by atoms with Crippen LogP contribution in [0.2, 0.25) is 0 Å². The standard InChI is InChI=1S/C14H19NO3S2/c1-4-10(9-19-3)15(2)14(18)12-7-5-11(20-12)6-8-13(16)17/h5-8,10H,4,9H2,1-3H3,(H,16,17)/b8-6+. The van der Waals surface area contributed by atoms with Crippen LogP contribution in [0.1, 0.15) is 27.9 Å². The van der Waals surface area contributed by atoms with E-state index in [1.54, 1.807) is 28.8 Å². The van der Waals surface area contributed by atoms with Crippen molar-refractivity contribution < 1.29 is 14.7 Å². The van der Waals surface area contributed by atoms with Crippen LogP contribution in [0.3, 0.4) is 0 Å². The molecule has 1 amide bonds. The fourth-order valence-electron chi connectivity index (χ4n) is 1.75. The quantitative estimate of drug-likeness (QED) is 0.786. The maximum Gasteiger partial charge on any atom is 0.328 e. The van der Waals surface area contributed by atoms with Gasteiger partial charge in [-0.05, 0) is 30.9 Å². The third-order valence-corrected chi connectivity index (χ3v) is 4.68. The monoisotopic (exact) mass is 313 g/mol. The van der Waals surface area contributed by atoms with Crippen LogP contribution in [-0.4, -0.2) is 47.0 Å². The second kappa shape index (κ2) is 8.11. The Bertz CT molecular complexity index is 496. The van der Waals surface area contributed by atoms with Gasteiger partial charge >= 0.3 is 5.97 Å². The topological polar surface area (TPSA) is 57.6 Å². The van der Waals surface area contributed by atoms with Crippen molar-refractivity contribution in [3.63, 3.8) is 0 Å². The average Bonchev–Trinajstić information content (AvgIpc) is 2.89. The molecule has 1 heterocycles. The summed E-state index contributed by atoms with van der Waals surface area (Å²) >= 11 is 3.03. The lowest BCUT2D eigenvalue weighted by molar-refractivity contribution is -0.131. The molecule has 0 aliphatic rings. The Morgan fingerprint density at radius 1 is 1.50 bits per heavy atom. The van der Waals surface area contributed by atoms with E-state index in [0.717, 1.165) is 23.1 Å². The summed E-state index contributed by atoms with van der Waals surface area (Å²) in [5, 5.41) is 8.58. The Morgan fingerprint density at radius 3 is 2.75 bits per heavy atom. The highest BCUT2D eigenvalue weighted by atomic mass is 32.2. The Morgan fingerprint density at radius 2 is 2.20 bits per heavy atom. The van der Waals surface area contributed by atoms with Crippen molar-refractivity contribution in [3.8, 4) is 0 Å². The van der Waals surface area contributed by atoms with E-state index >= 15 is 0 Å². The Hall–Kier alpha value is -1.27. The van der Waals surface area contributed by atoms with E-state index in [4.69, 9.17) is 5.11 Å². The Balaban J connectivity index is 2.79. The summed E-state index contributed by atoms with van der Waals surface area (Å²) in [6, 6.07) is 3.73. The first-order valence-electron chi connectivity index (χ1n) is 6.26. The summed E-state index contributed by atoms with van der Waals surface area (Å²) in [5.41, 5.74) is 0. The molecule has 0 aromatic carbocycles. The Kier molecular flexibility index (Phi) is 6.81.